The van der Waals surface area contributed by atoms with E-state index in [1.807, 2.05) is 20.8 Å². The molecule has 5 heteroatoms. The monoisotopic (exact) mass is 340 g/mol. The number of carboxylic acids is 1. The normalized spacial score (nSPS) is 12.3. The Kier molecular flexibility index (Phi) is 7.56. The third kappa shape index (κ3) is 5.24. The Labute approximate surface area is 142 Å². The number of aromatic carboxylic acids is 1. The smallest absolute Gasteiger partial charge is 0.339 e. The van der Waals surface area contributed by atoms with Crippen LogP contribution in [-0.2, 0) is 11.2 Å². The number of carbonyl (C=O) groups excluding carboxylic acids is 1. The molecule has 1 N–H and O–H groups in total. The van der Waals surface area contributed by atoms with E-state index >= 15 is 0 Å². The summed E-state index contributed by atoms with van der Waals surface area (Å²) in [7, 11) is 0. The quantitative estimate of drug-likeness (QED) is 0.678. The molecule has 0 aliphatic heterocycles. The zero-order chi connectivity index (χ0) is 17.6. The molecule has 1 aromatic rings. The van der Waals surface area contributed by atoms with Crippen LogP contribution in [0.5, 0.6) is 0 Å². The van der Waals surface area contributed by atoms with E-state index in [2.05, 4.69) is 6.92 Å². The first-order valence-electron chi connectivity index (χ1n) is 8.08. The zero-order valence-corrected chi connectivity index (χ0v) is 14.9. The van der Waals surface area contributed by atoms with Crippen LogP contribution >= 0.6 is 11.6 Å². The van der Waals surface area contributed by atoms with Crippen LogP contribution in [-0.4, -0.2) is 23.1 Å². The number of unbranched alkanes of at least 4 members (excludes halogenated alkanes) is 1. The Balaban J connectivity index is 3.10. The van der Waals surface area contributed by atoms with E-state index in [-0.39, 0.29) is 23.1 Å². The third-order valence-corrected chi connectivity index (χ3v) is 4.21. The van der Waals surface area contributed by atoms with Crippen LogP contribution in [0.4, 0.5) is 0 Å². The molecule has 128 valence electrons. The molecule has 4 nitrogen and oxygen atoms in total. The first-order valence-corrected chi connectivity index (χ1v) is 8.46. The van der Waals surface area contributed by atoms with Crippen molar-refractivity contribution in [3.63, 3.8) is 0 Å². The van der Waals surface area contributed by atoms with Gasteiger partial charge in [0.2, 0.25) is 0 Å². The average molecular weight is 341 g/mol. The molecule has 23 heavy (non-hydrogen) atoms. The van der Waals surface area contributed by atoms with Crippen LogP contribution in [0.25, 0.3) is 0 Å². The Morgan fingerprint density at radius 1 is 1.22 bits per heavy atom. The Morgan fingerprint density at radius 2 is 1.87 bits per heavy atom. The first-order chi connectivity index (χ1) is 10.8. The fourth-order valence-electron chi connectivity index (χ4n) is 2.37. The van der Waals surface area contributed by atoms with Crippen molar-refractivity contribution >= 4 is 23.5 Å². The van der Waals surface area contributed by atoms with Gasteiger partial charge in [-0.3, -0.25) is 0 Å². The number of halogens is 1. The summed E-state index contributed by atoms with van der Waals surface area (Å²) in [5.41, 5.74) is 0.656. The maximum Gasteiger partial charge on any atom is 0.339 e. The second-order valence-electron chi connectivity index (χ2n) is 5.98. The Hall–Kier alpha value is -1.55. The van der Waals surface area contributed by atoms with Crippen LogP contribution in [0.1, 0.15) is 73.2 Å². The van der Waals surface area contributed by atoms with Crippen LogP contribution < -0.4 is 0 Å². The van der Waals surface area contributed by atoms with Crippen LogP contribution in [0.3, 0.4) is 0 Å². The second kappa shape index (κ2) is 8.92. The predicted molar refractivity (Wildman–Crippen MR) is 91.4 cm³/mol. The van der Waals surface area contributed by atoms with Gasteiger partial charge in [-0.2, -0.15) is 0 Å². The number of hydrogen-bond donors (Lipinski definition) is 1. The lowest BCUT2D eigenvalue weighted by Crippen LogP contribution is -2.25. The van der Waals surface area contributed by atoms with E-state index in [9.17, 15) is 14.7 Å². The van der Waals surface area contributed by atoms with Gasteiger partial charge in [0, 0.05) is 5.02 Å². The highest BCUT2D eigenvalue weighted by Gasteiger charge is 2.24. The number of aryl methyl sites for hydroxylation is 1. The van der Waals surface area contributed by atoms with Crippen molar-refractivity contribution < 1.29 is 19.4 Å². The summed E-state index contributed by atoms with van der Waals surface area (Å²) >= 11 is 6.13. The fraction of sp³-hybridized carbons (Fsp3) is 0.556. The highest BCUT2D eigenvalue weighted by atomic mass is 35.5. The number of benzene rings is 1. The van der Waals surface area contributed by atoms with Crippen molar-refractivity contribution in [2.24, 2.45) is 5.92 Å². The molecule has 0 bridgehead atoms. The summed E-state index contributed by atoms with van der Waals surface area (Å²) in [5.74, 6) is -1.61. The SMILES string of the molecule is CCCCC(OC(=O)c1cc(Cl)c(CC)cc1C(=O)O)C(C)C. The average Bonchev–Trinajstić information content (AvgIpc) is 2.50. The maximum absolute atomic E-state index is 12.5. The van der Waals surface area contributed by atoms with Crippen LogP contribution in [0.2, 0.25) is 5.02 Å². The number of ether oxygens (including phenoxy) is 1. The molecule has 1 unspecified atom stereocenters. The van der Waals surface area contributed by atoms with Gasteiger partial charge in [0.1, 0.15) is 6.10 Å². The number of rotatable bonds is 8. The van der Waals surface area contributed by atoms with Crippen molar-refractivity contribution in [2.45, 2.75) is 59.5 Å². The van der Waals surface area contributed by atoms with E-state index in [4.69, 9.17) is 16.3 Å². The Bertz CT molecular complexity index is 566. The van der Waals surface area contributed by atoms with Gasteiger partial charge in [-0.15, -0.1) is 0 Å². The summed E-state index contributed by atoms with van der Waals surface area (Å²) in [5, 5.41) is 9.75. The van der Waals surface area contributed by atoms with Gasteiger partial charge in [0.15, 0.2) is 0 Å². The summed E-state index contributed by atoms with van der Waals surface area (Å²) in [6, 6.07) is 2.86. The van der Waals surface area contributed by atoms with E-state index in [0.29, 0.717) is 17.0 Å². The molecule has 0 fully saturated rings. The first kappa shape index (κ1) is 19.5. The summed E-state index contributed by atoms with van der Waals surface area (Å²) < 4.78 is 5.56. The van der Waals surface area contributed by atoms with E-state index in [1.54, 1.807) is 0 Å². The van der Waals surface area contributed by atoms with Crippen LogP contribution in [0, 0.1) is 5.92 Å². The molecule has 0 saturated heterocycles. The molecule has 1 rings (SSSR count). The second-order valence-corrected chi connectivity index (χ2v) is 6.39. The molecule has 0 aromatic heterocycles. The van der Waals surface area contributed by atoms with Gasteiger partial charge >= 0.3 is 11.9 Å². The highest BCUT2D eigenvalue weighted by molar-refractivity contribution is 6.32. The molecule has 0 heterocycles. The summed E-state index contributed by atoms with van der Waals surface area (Å²) in [4.78, 5) is 23.9. The number of esters is 1. The molecule has 0 aliphatic rings. The van der Waals surface area contributed by atoms with Crippen molar-refractivity contribution in [1.29, 1.82) is 0 Å². The third-order valence-electron chi connectivity index (χ3n) is 3.86. The topological polar surface area (TPSA) is 63.6 Å². The molecule has 0 radical (unpaired) electrons. The van der Waals surface area contributed by atoms with Gasteiger partial charge < -0.3 is 9.84 Å². The number of carbonyl (C=O) groups is 2. The van der Waals surface area contributed by atoms with E-state index in [0.717, 1.165) is 19.3 Å². The van der Waals surface area contributed by atoms with E-state index in [1.165, 1.54) is 12.1 Å². The highest BCUT2D eigenvalue weighted by Crippen LogP contribution is 2.25. The maximum atomic E-state index is 12.5. The lowest BCUT2D eigenvalue weighted by Gasteiger charge is -2.22. The summed E-state index contributed by atoms with van der Waals surface area (Å²) in [6.07, 6.45) is 3.10. The zero-order valence-electron chi connectivity index (χ0n) is 14.2. The van der Waals surface area contributed by atoms with Crippen LogP contribution in [0.15, 0.2) is 12.1 Å². The number of carboxylic acid groups (broad SMARTS) is 1. The van der Waals surface area contributed by atoms with Crippen molar-refractivity contribution in [3.05, 3.63) is 33.8 Å². The largest absolute Gasteiger partial charge is 0.478 e. The minimum absolute atomic E-state index is 0.0156. The molecule has 0 aliphatic carbocycles. The Morgan fingerprint density at radius 3 is 2.35 bits per heavy atom. The van der Waals surface area contributed by atoms with Gasteiger partial charge in [0.25, 0.3) is 0 Å². The molecule has 0 saturated carbocycles. The predicted octanol–water partition coefficient (Wildman–Crippen LogP) is 4.97. The molecular weight excluding hydrogens is 316 g/mol. The fourth-order valence-corrected chi connectivity index (χ4v) is 2.67. The minimum Gasteiger partial charge on any atom is -0.478 e. The van der Waals surface area contributed by atoms with Gasteiger partial charge in [-0.05, 0) is 36.5 Å². The van der Waals surface area contributed by atoms with Gasteiger partial charge in [-0.25, -0.2) is 9.59 Å². The summed E-state index contributed by atoms with van der Waals surface area (Å²) in [6.45, 7) is 7.92. The van der Waals surface area contributed by atoms with Crippen molar-refractivity contribution in [3.8, 4) is 0 Å². The van der Waals surface area contributed by atoms with Crippen molar-refractivity contribution in [1.82, 2.24) is 0 Å². The lowest BCUT2D eigenvalue weighted by atomic mass is 10.00. The molecule has 1 aromatic carbocycles. The van der Waals surface area contributed by atoms with Crippen molar-refractivity contribution in [2.75, 3.05) is 0 Å². The van der Waals surface area contributed by atoms with E-state index < -0.39 is 11.9 Å². The minimum atomic E-state index is -1.15. The number of hydrogen-bond acceptors (Lipinski definition) is 3. The van der Waals surface area contributed by atoms with Gasteiger partial charge in [-0.1, -0.05) is 52.1 Å². The molecule has 0 amide bonds. The molecule has 1 atom stereocenters. The standard InChI is InChI=1S/C18H25ClO4/c1-5-7-8-16(11(3)4)23-18(22)14-10-15(19)12(6-2)9-13(14)17(20)21/h9-11,16H,5-8H2,1-4H3,(H,20,21). The van der Waals surface area contributed by atoms with Gasteiger partial charge in [0.05, 0.1) is 11.1 Å². The lowest BCUT2D eigenvalue weighted by molar-refractivity contribution is 0.0149. The molecule has 0 spiro atoms. The molecular formula is C18H25ClO4.